The molecular weight excluding hydrogens is 240 g/mol. The van der Waals surface area contributed by atoms with Gasteiger partial charge in [-0.05, 0) is 12.8 Å². The van der Waals surface area contributed by atoms with Crippen LogP contribution in [0.25, 0.3) is 0 Å². The Kier molecular flexibility index (Phi) is 6.39. The molecule has 1 fully saturated rings. The third-order valence-electron chi connectivity index (χ3n) is 2.91. The van der Waals surface area contributed by atoms with Crippen LogP contribution in [-0.2, 0) is 14.3 Å². The second-order valence-electron chi connectivity index (χ2n) is 4.10. The molecule has 1 amide bonds. The number of hydrogen-bond acceptors (Lipinski definition) is 4. The van der Waals surface area contributed by atoms with Crippen LogP contribution >= 0.6 is 12.2 Å². The number of ether oxygens (including phenoxy) is 2. The van der Waals surface area contributed by atoms with Gasteiger partial charge < -0.3 is 20.1 Å². The van der Waals surface area contributed by atoms with Gasteiger partial charge in [0.2, 0.25) is 5.91 Å². The van der Waals surface area contributed by atoms with Crippen LogP contribution in [0.1, 0.15) is 12.8 Å². The smallest absolute Gasteiger partial charge is 0.248 e. The van der Waals surface area contributed by atoms with Gasteiger partial charge in [-0.1, -0.05) is 12.2 Å². The monoisotopic (exact) mass is 260 g/mol. The van der Waals surface area contributed by atoms with Gasteiger partial charge in [-0.3, -0.25) is 4.79 Å². The van der Waals surface area contributed by atoms with Crippen molar-refractivity contribution in [3.05, 3.63) is 0 Å². The molecule has 0 radical (unpaired) electrons. The van der Waals surface area contributed by atoms with Crippen molar-refractivity contribution in [2.75, 3.05) is 40.0 Å². The third-order valence-corrected chi connectivity index (χ3v) is 3.24. The van der Waals surface area contributed by atoms with E-state index in [9.17, 15) is 4.79 Å². The normalized spacial score (nSPS) is 17.1. The SMILES string of the molecule is COCCOCC(=O)N1CCC(C(N)=S)CC1. The van der Waals surface area contributed by atoms with Gasteiger partial charge in [0.15, 0.2) is 0 Å². The van der Waals surface area contributed by atoms with E-state index in [4.69, 9.17) is 27.4 Å². The van der Waals surface area contributed by atoms with Gasteiger partial charge in [-0.2, -0.15) is 0 Å². The molecule has 1 heterocycles. The van der Waals surface area contributed by atoms with E-state index in [2.05, 4.69) is 0 Å². The fourth-order valence-corrected chi connectivity index (χ4v) is 2.04. The minimum absolute atomic E-state index is 0.0301. The van der Waals surface area contributed by atoms with Crippen molar-refractivity contribution in [2.45, 2.75) is 12.8 Å². The first-order valence-electron chi connectivity index (χ1n) is 5.79. The second-order valence-corrected chi connectivity index (χ2v) is 4.57. The van der Waals surface area contributed by atoms with Crippen molar-refractivity contribution >= 4 is 23.1 Å². The summed E-state index contributed by atoms with van der Waals surface area (Å²) in [5, 5.41) is 0. The van der Waals surface area contributed by atoms with Gasteiger partial charge in [0.05, 0.1) is 18.2 Å². The molecule has 1 aliphatic heterocycles. The molecule has 0 spiro atoms. The second kappa shape index (κ2) is 7.58. The van der Waals surface area contributed by atoms with Crippen LogP contribution in [0.15, 0.2) is 0 Å². The standard InChI is InChI=1S/C11H20N2O3S/c1-15-6-7-16-8-10(14)13-4-2-9(3-5-13)11(12)17/h9H,2-8H2,1H3,(H2,12,17). The predicted octanol–water partition coefficient (Wildman–Crippen LogP) is 0.174. The summed E-state index contributed by atoms with van der Waals surface area (Å²) < 4.78 is 10.0. The molecule has 1 saturated heterocycles. The number of hydrogen-bond donors (Lipinski definition) is 1. The van der Waals surface area contributed by atoms with Gasteiger partial charge in [-0.25, -0.2) is 0 Å². The van der Waals surface area contributed by atoms with Crippen molar-refractivity contribution in [1.82, 2.24) is 4.90 Å². The van der Waals surface area contributed by atoms with Crippen LogP contribution in [0, 0.1) is 5.92 Å². The van der Waals surface area contributed by atoms with Crippen LogP contribution in [-0.4, -0.2) is 55.8 Å². The third kappa shape index (κ3) is 4.97. The first kappa shape index (κ1) is 14.3. The molecule has 0 aromatic heterocycles. The average Bonchev–Trinajstić information content (AvgIpc) is 2.34. The molecule has 6 heteroatoms. The van der Waals surface area contributed by atoms with E-state index in [0.29, 0.717) is 31.3 Å². The first-order valence-corrected chi connectivity index (χ1v) is 6.19. The highest BCUT2D eigenvalue weighted by Gasteiger charge is 2.23. The molecule has 5 nitrogen and oxygen atoms in total. The molecule has 0 unspecified atom stereocenters. The molecule has 2 N–H and O–H groups in total. The molecule has 98 valence electrons. The number of methoxy groups -OCH3 is 1. The topological polar surface area (TPSA) is 64.8 Å². The van der Waals surface area contributed by atoms with Gasteiger partial charge >= 0.3 is 0 Å². The Morgan fingerprint density at radius 3 is 2.59 bits per heavy atom. The lowest BCUT2D eigenvalue weighted by atomic mass is 9.97. The quantitative estimate of drug-likeness (QED) is 0.545. The van der Waals surface area contributed by atoms with Crippen molar-refractivity contribution in [3.63, 3.8) is 0 Å². The van der Waals surface area contributed by atoms with Gasteiger partial charge in [0.25, 0.3) is 0 Å². The number of likely N-dealkylation sites (tertiary alicyclic amines) is 1. The summed E-state index contributed by atoms with van der Waals surface area (Å²) in [6.45, 7) is 2.52. The Hall–Kier alpha value is -0.720. The zero-order valence-corrected chi connectivity index (χ0v) is 11.0. The number of rotatable bonds is 6. The van der Waals surface area contributed by atoms with Crippen LogP contribution in [0.5, 0.6) is 0 Å². The molecule has 0 aliphatic carbocycles. The van der Waals surface area contributed by atoms with Crippen LogP contribution in [0.4, 0.5) is 0 Å². The lowest BCUT2D eigenvalue weighted by molar-refractivity contribution is -0.137. The molecule has 1 rings (SSSR count). The van der Waals surface area contributed by atoms with E-state index in [0.717, 1.165) is 12.8 Å². The summed E-state index contributed by atoms with van der Waals surface area (Å²) in [5.41, 5.74) is 5.59. The Balaban J connectivity index is 2.19. The Morgan fingerprint density at radius 1 is 1.41 bits per heavy atom. The summed E-state index contributed by atoms with van der Waals surface area (Å²) in [4.78, 5) is 14.1. The maximum Gasteiger partial charge on any atom is 0.248 e. The maximum absolute atomic E-state index is 11.7. The number of nitrogens with zero attached hydrogens (tertiary/aromatic N) is 1. The molecule has 0 atom stereocenters. The Morgan fingerprint density at radius 2 is 2.06 bits per heavy atom. The molecule has 0 aromatic carbocycles. The number of piperidine rings is 1. The van der Waals surface area contributed by atoms with E-state index in [1.807, 2.05) is 4.90 Å². The zero-order valence-electron chi connectivity index (χ0n) is 10.2. The Labute approximate surface area is 107 Å². The lowest BCUT2D eigenvalue weighted by Gasteiger charge is -2.31. The highest BCUT2D eigenvalue weighted by molar-refractivity contribution is 7.80. The van der Waals surface area contributed by atoms with Crippen LogP contribution < -0.4 is 5.73 Å². The molecule has 0 saturated carbocycles. The van der Waals surface area contributed by atoms with E-state index in [1.54, 1.807) is 7.11 Å². The van der Waals surface area contributed by atoms with Crippen molar-refractivity contribution in [2.24, 2.45) is 11.7 Å². The van der Waals surface area contributed by atoms with E-state index in [1.165, 1.54) is 0 Å². The number of nitrogens with two attached hydrogens (primary N) is 1. The summed E-state index contributed by atoms with van der Waals surface area (Å²) in [6.07, 6.45) is 1.72. The largest absolute Gasteiger partial charge is 0.393 e. The summed E-state index contributed by atoms with van der Waals surface area (Å²) in [5.74, 6) is 0.311. The van der Waals surface area contributed by atoms with Gasteiger partial charge in [0.1, 0.15) is 6.61 Å². The Bertz CT molecular complexity index is 265. The summed E-state index contributed by atoms with van der Waals surface area (Å²) in [7, 11) is 1.60. The van der Waals surface area contributed by atoms with Gasteiger partial charge in [0, 0.05) is 26.1 Å². The number of carbonyl (C=O) groups excluding carboxylic acids is 1. The fraction of sp³-hybridized carbons (Fsp3) is 0.818. The molecule has 1 aliphatic rings. The predicted molar refractivity (Wildman–Crippen MR) is 68.8 cm³/mol. The van der Waals surface area contributed by atoms with Crippen LogP contribution in [0.3, 0.4) is 0 Å². The molecule has 0 bridgehead atoms. The minimum Gasteiger partial charge on any atom is -0.393 e. The average molecular weight is 260 g/mol. The molecule has 17 heavy (non-hydrogen) atoms. The number of amides is 1. The molecule has 0 aromatic rings. The lowest BCUT2D eigenvalue weighted by Crippen LogP contribution is -2.42. The highest BCUT2D eigenvalue weighted by Crippen LogP contribution is 2.17. The van der Waals surface area contributed by atoms with Crippen LogP contribution in [0.2, 0.25) is 0 Å². The fourth-order valence-electron chi connectivity index (χ4n) is 1.81. The summed E-state index contributed by atoms with van der Waals surface area (Å²) in [6, 6.07) is 0. The van der Waals surface area contributed by atoms with Gasteiger partial charge in [-0.15, -0.1) is 0 Å². The molecular formula is C11H20N2O3S. The first-order chi connectivity index (χ1) is 8.15. The summed E-state index contributed by atoms with van der Waals surface area (Å²) >= 11 is 4.95. The minimum atomic E-state index is 0.0301. The van der Waals surface area contributed by atoms with Crippen molar-refractivity contribution in [3.8, 4) is 0 Å². The number of carbonyl (C=O) groups is 1. The maximum atomic E-state index is 11.7. The van der Waals surface area contributed by atoms with E-state index in [-0.39, 0.29) is 18.4 Å². The zero-order chi connectivity index (χ0) is 12.7. The van der Waals surface area contributed by atoms with Crippen molar-refractivity contribution < 1.29 is 14.3 Å². The van der Waals surface area contributed by atoms with E-state index >= 15 is 0 Å². The van der Waals surface area contributed by atoms with E-state index < -0.39 is 0 Å². The highest BCUT2D eigenvalue weighted by atomic mass is 32.1. The van der Waals surface area contributed by atoms with Crippen molar-refractivity contribution in [1.29, 1.82) is 0 Å². The number of thiocarbonyl (C=S) groups is 1.